The highest BCUT2D eigenvalue weighted by Crippen LogP contribution is 2.25. The van der Waals surface area contributed by atoms with Crippen LogP contribution in [0.5, 0.6) is 5.75 Å². The van der Waals surface area contributed by atoms with E-state index < -0.39 is 12.4 Å². The van der Waals surface area contributed by atoms with Crippen molar-refractivity contribution < 1.29 is 22.7 Å². The number of aryl methyl sites for hydroxylation is 2. The Bertz CT molecular complexity index is 1510. The number of nitrogens with one attached hydrogen (secondary N) is 2. The predicted octanol–water partition coefficient (Wildman–Crippen LogP) is 5.45. The number of carbonyl (C=O) groups is 1. The third-order valence-corrected chi connectivity index (χ3v) is 5.95. The molecule has 0 spiro atoms. The maximum absolute atomic E-state index is 12.6. The molecule has 1 fully saturated rings. The van der Waals surface area contributed by atoms with Crippen LogP contribution in [-0.4, -0.2) is 46.2 Å². The predicted molar refractivity (Wildman–Crippen MR) is 141 cm³/mol. The van der Waals surface area contributed by atoms with Crippen molar-refractivity contribution in [2.75, 3.05) is 23.3 Å². The first-order valence-electron chi connectivity index (χ1n) is 12.0. The number of aliphatic imine (C=N–C) groups is 1. The van der Waals surface area contributed by atoms with Gasteiger partial charge in [-0.15, -0.1) is 18.3 Å². The van der Waals surface area contributed by atoms with Crippen molar-refractivity contribution in [2.24, 2.45) is 4.99 Å². The number of carbonyl (C=O) groups excluding carboxylic acids is 1. The van der Waals surface area contributed by atoms with Crippen molar-refractivity contribution >= 4 is 23.4 Å². The van der Waals surface area contributed by atoms with Crippen LogP contribution in [0.25, 0.3) is 17.1 Å². The SMILES string of the molecule is Cc1ccc(N2CCNC2=NC(=O)Nc2ccc(-c3ncn(-c4ccc(OC(F)(F)F)cc4)n3)cc2)c(C)c1. The van der Waals surface area contributed by atoms with Gasteiger partial charge in [0.1, 0.15) is 12.1 Å². The molecule has 0 bridgehead atoms. The number of halogens is 3. The van der Waals surface area contributed by atoms with Gasteiger partial charge in [-0.25, -0.2) is 14.5 Å². The average molecular weight is 536 g/mol. The molecule has 2 N–H and O–H groups in total. The number of guanidine groups is 1. The topological polar surface area (TPSA) is 96.7 Å². The number of amides is 2. The largest absolute Gasteiger partial charge is 0.573 e. The molecule has 1 aliphatic rings. The molecular formula is C27H24F3N7O2. The van der Waals surface area contributed by atoms with Gasteiger partial charge in [-0.3, -0.25) is 0 Å². The summed E-state index contributed by atoms with van der Waals surface area (Å²) in [7, 11) is 0. The zero-order chi connectivity index (χ0) is 27.6. The van der Waals surface area contributed by atoms with Crippen LogP contribution in [0.15, 0.2) is 78.0 Å². The number of anilines is 2. The molecule has 0 unspecified atom stereocenters. The molecular weight excluding hydrogens is 511 g/mol. The van der Waals surface area contributed by atoms with E-state index in [0.29, 0.717) is 41.8 Å². The van der Waals surface area contributed by atoms with Crippen LogP contribution < -0.4 is 20.3 Å². The Balaban J connectivity index is 1.24. The van der Waals surface area contributed by atoms with E-state index >= 15 is 0 Å². The molecule has 2 heterocycles. The number of hydrogen-bond acceptors (Lipinski definition) is 4. The van der Waals surface area contributed by atoms with Crippen LogP contribution in [0.3, 0.4) is 0 Å². The summed E-state index contributed by atoms with van der Waals surface area (Å²) in [5.74, 6) is 0.572. The molecule has 0 saturated carbocycles. The van der Waals surface area contributed by atoms with E-state index in [4.69, 9.17) is 0 Å². The average Bonchev–Trinajstić information content (AvgIpc) is 3.54. The summed E-state index contributed by atoms with van der Waals surface area (Å²) in [5.41, 5.74) is 5.02. The monoisotopic (exact) mass is 535 g/mol. The van der Waals surface area contributed by atoms with Gasteiger partial charge in [-0.1, -0.05) is 17.7 Å². The molecule has 200 valence electrons. The Morgan fingerprint density at radius 2 is 1.79 bits per heavy atom. The van der Waals surface area contributed by atoms with Crippen LogP contribution in [-0.2, 0) is 0 Å². The maximum Gasteiger partial charge on any atom is 0.573 e. The second kappa shape index (κ2) is 10.5. The first-order chi connectivity index (χ1) is 18.6. The van der Waals surface area contributed by atoms with Gasteiger partial charge in [-0.2, -0.15) is 4.99 Å². The molecule has 3 aromatic carbocycles. The van der Waals surface area contributed by atoms with E-state index in [-0.39, 0.29) is 5.75 Å². The zero-order valence-corrected chi connectivity index (χ0v) is 21.0. The van der Waals surface area contributed by atoms with Crippen molar-refractivity contribution in [3.8, 4) is 22.8 Å². The van der Waals surface area contributed by atoms with E-state index in [9.17, 15) is 18.0 Å². The van der Waals surface area contributed by atoms with Crippen LogP contribution in [0.1, 0.15) is 11.1 Å². The maximum atomic E-state index is 12.6. The molecule has 1 aromatic heterocycles. The molecule has 1 saturated heterocycles. The molecule has 4 aromatic rings. The van der Waals surface area contributed by atoms with E-state index in [1.807, 2.05) is 30.9 Å². The molecule has 0 radical (unpaired) electrons. The fourth-order valence-electron chi connectivity index (χ4n) is 4.19. The highest BCUT2D eigenvalue weighted by Gasteiger charge is 2.31. The lowest BCUT2D eigenvalue weighted by Crippen LogP contribution is -2.32. The summed E-state index contributed by atoms with van der Waals surface area (Å²) < 4.78 is 42.4. The number of ether oxygens (including phenoxy) is 1. The van der Waals surface area contributed by atoms with Gasteiger partial charge in [0.15, 0.2) is 5.82 Å². The summed E-state index contributed by atoms with van der Waals surface area (Å²) >= 11 is 0. The number of rotatable bonds is 5. The molecule has 0 aliphatic carbocycles. The van der Waals surface area contributed by atoms with Crippen LogP contribution >= 0.6 is 0 Å². The highest BCUT2D eigenvalue weighted by atomic mass is 19.4. The Kier molecular flexibility index (Phi) is 6.92. The Morgan fingerprint density at radius 3 is 2.49 bits per heavy atom. The first-order valence-corrected chi connectivity index (χ1v) is 12.0. The van der Waals surface area contributed by atoms with Crippen molar-refractivity contribution in [1.29, 1.82) is 0 Å². The third kappa shape index (κ3) is 6.17. The van der Waals surface area contributed by atoms with Crippen molar-refractivity contribution in [1.82, 2.24) is 20.1 Å². The van der Waals surface area contributed by atoms with Gasteiger partial charge in [0.05, 0.1) is 5.69 Å². The molecule has 0 atom stereocenters. The van der Waals surface area contributed by atoms with Crippen molar-refractivity contribution in [2.45, 2.75) is 20.2 Å². The van der Waals surface area contributed by atoms with Crippen LogP contribution in [0.4, 0.5) is 29.3 Å². The summed E-state index contributed by atoms with van der Waals surface area (Å²) in [6.07, 6.45) is -3.30. The summed E-state index contributed by atoms with van der Waals surface area (Å²) in [5, 5.41) is 10.3. The lowest BCUT2D eigenvalue weighted by molar-refractivity contribution is -0.274. The van der Waals surface area contributed by atoms with Gasteiger partial charge in [-0.05, 0) is 74.0 Å². The number of alkyl halides is 3. The number of aromatic nitrogens is 3. The van der Waals surface area contributed by atoms with Gasteiger partial charge < -0.3 is 20.3 Å². The minimum Gasteiger partial charge on any atom is -0.406 e. The van der Waals surface area contributed by atoms with Crippen molar-refractivity contribution in [3.05, 3.63) is 84.2 Å². The fourth-order valence-corrected chi connectivity index (χ4v) is 4.19. The van der Waals surface area contributed by atoms with Gasteiger partial charge in [0, 0.05) is 30.0 Å². The van der Waals surface area contributed by atoms with Crippen LogP contribution in [0, 0.1) is 13.8 Å². The lowest BCUT2D eigenvalue weighted by Gasteiger charge is -2.20. The molecule has 39 heavy (non-hydrogen) atoms. The second-order valence-electron chi connectivity index (χ2n) is 8.87. The third-order valence-electron chi connectivity index (χ3n) is 5.95. The normalized spacial score (nSPS) is 14.4. The van der Waals surface area contributed by atoms with Gasteiger partial charge >= 0.3 is 12.4 Å². The van der Waals surface area contributed by atoms with Crippen molar-refractivity contribution in [3.63, 3.8) is 0 Å². The van der Waals surface area contributed by atoms with Gasteiger partial charge in [0.25, 0.3) is 0 Å². The smallest absolute Gasteiger partial charge is 0.406 e. The van der Waals surface area contributed by atoms with E-state index in [1.54, 1.807) is 24.3 Å². The Labute approximate surface area is 222 Å². The standard InChI is InChI=1S/C27H24F3N7O2/c1-17-3-12-23(18(2)15-17)36-14-13-31-25(36)34-26(38)33-20-6-4-19(5-7-20)24-32-16-37(35-24)21-8-10-22(11-9-21)39-27(28,29)30/h3-12,15-16H,13-14H2,1-2H3,(H2,31,33,34,38). The zero-order valence-electron chi connectivity index (χ0n) is 21.0. The lowest BCUT2D eigenvalue weighted by atomic mass is 10.1. The van der Waals surface area contributed by atoms with Gasteiger partial charge in [0.2, 0.25) is 5.96 Å². The van der Waals surface area contributed by atoms with E-state index in [2.05, 4.69) is 36.5 Å². The summed E-state index contributed by atoms with van der Waals surface area (Å²) in [6, 6.07) is 17.8. The Hall–Kier alpha value is -4.87. The number of benzene rings is 3. The summed E-state index contributed by atoms with van der Waals surface area (Å²) in [4.78, 5) is 23.1. The summed E-state index contributed by atoms with van der Waals surface area (Å²) in [6.45, 7) is 5.45. The second-order valence-corrected chi connectivity index (χ2v) is 8.87. The number of urea groups is 1. The highest BCUT2D eigenvalue weighted by molar-refractivity contribution is 6.07. The first kappa shape index (κ1) is 25.8. The molecule has 1 aliphatic heterocycles. The quantitative estimate of drug-likeness (QED) is 0.353. The minimum atomic E-state index is -4.76. The molecule has 2 amide bonds. The Morgan fingerprint density at radius 1 is 1.05 bits per heavy atom. The molecule has 5 rings (SSSR count). The molecule has 9 nitrogen and oxygen atoms in total. The number of hydrogen-bond donors (Lipinski definition) is 2. The fraction of sp³-hybridized carbons (Fsp3) is 0.185. The minimum absolute atomic E-state index is 0.323. The van der Waals surface area contributed by atoms with E-state index in [0.717, 1.165) is 11.3 Å². The van der Waals surface area contributed by atoms with Crippen LogP contribution in [0.2, 0.25) is 0 Å². The molecule has 12 heteroatoms. The van der Waals surface area contributed by atoms with E-state index in [1.165, 1.54) is 40.8 Å². The number of nitrogens with zero attached hydrogens (tertiary/aromatic N) is 5.